The number of carbonyl (C=O) groups is 3. The van der Waals surface area contributed by atoms with Crippen molar-refractivity contribution < 1.29 is 23.9 Å². The second kappa shape index (κ2) is 14.8. The fraction of sp³-hybridized carbons (Fsp3) is 0.395. The third-order valence-corrected chi connectivity index (χ3v) is 9.47. The van der Waals surface area contributed by atoms with Crippen LogP contribution in [0.3, 0.4) is 0 Å². The van der Waals surface area contributed by atoms with Crippen LogP contribution in [-0.4, -0.2) is 60.0 Å². The number of carbonyl (C=O) groups excluding carboxylic acids is 3. The van der Waals surface area contributed by atoms with E-state index in [9.17, 15) is 14.4 Å². The molecule has 1 aromatic heterocycles. The first kappa shape index (κ1) is 32.2. The van der Waals surface area contributed by atoms with Gasteiger partial charge in [0.1, 0.15) is 18.1 Å². The number of hydrogen-bond acceptors (Lipinski definition) is 6. The van der Waals surface area contributed by atoms with E-state index in [0.717, 1.165) is 59.5 Å². The van der Waals surface area contributed by atoms with Crippen molar-refractivity contribution in [2.45, 2.75) is 52.7 Å². The first-order valence-corrected chi connectivity index (χ1v) is 16.9. The molecule has 47 heavy (non-hydrogen) atoms. The smallest absolute Gasteiger partial charge is 0.309 e. The molecule has 1 N–H and O–H groups in total. The van der Waals surface area contributed by atoms with Gasteiger partial charge in [-0.3, -0.25) is 14.4 Å². The molecule has 2 heterocycles. The number of hydrogen-bond donors (Lipinski definition) is 1. The minimum Gasteiger partial charge on any atom is -0.493 e. The summed E-state index contributed by atoms with van der Waals surface area (Å²) in [5.41, 5.74) is 4.34. The predicted octanol–water partition coefficient (Wildman–Crippen LogP) is 6.51. The SMILES string of the molecule is CCOc1cccc2c1cc(C(=O)Nc1ccc(N3CCN(C(=O)C4CCC(C(=O)OCc5ccccc5)CC4)CC3)cc1)n2CC. The summed E-state index contributed by atoms with van der Waals surface area (Å²) in [5, 5.41) is 3.99. The maximum atomic E-state index is 13.3. The van der Waals surface area contributed by atoms with E-state index in [2.05, 4.69) is 10.2 Å². The van der Waals surface area contributed by atoms with Gasteiger partial charge in [-0.05, 0) is 87.6 Å². The molecule has 1 saturated carbocycles. The van der Waals surface area contributed by atoms with Crippen LogP contribution in [0.1, 0.15) is 55.6 Å². The van der Waals surface area contributed by atoms with Gasteiger partial charge in [0.15, 0.2) is 0 Å². The van der Waals surface area contributed by atoms with Crippen LogP contribution in [0.25, 0.3) is 10.9 Å². The molecule has 246 valence electrons. The Kier molecular flexibility index (Phi) is 10.1. The van der Waals surface area contributed by atoms with Crippen molar-refractivity contribution in [2.75, 3.05) is 43.0 Å². The number of fused-ring (bicyclic) bond motifs is 1. The molecule has 1 aliphatic carbocycles. The number of ether oxygens (including phenoxy) is 2. The van der Waals surface area contributed by atoms with Crippen LogP contribution >= 0.6 is 0 Å². The zero-order valence-corrected chi connectivity index (χ0v) is 27.3. The fourth-order valence-corrected chi connectivity index (χ4v) is 6.88. The number of amides is 2. The molecule has 2 amide bonds. The van der Waals surface area contributed by atoms with E-state index in [0.29, 0.717) is 51.4 Å². The third-order valence-electron chi connectivity index (χ3n) is 9.47. The van der Waals surface area contributed by atoms with Crippen molar-refractivity contribution in [1.29, 1.82) is 0 Å². The Bertz CT molecular complexity index is 1680. The Morgan fingerprint density at radius 2 is 1.51 bits per heavy atom. The summed E-state index contributed by atoms with van der Waals surface area (Å²) < 4.78 is 13.4. The highest BCUT2D eigenvalue weighted by Crippen LogP contribution is 2.32. The van der Waals surface area contributed by atoms with Crippen molar-refractivity contribution in [2.24, 2.45) is 11.8 Å². The third kappa shape index (κ3) is 7.29. The van der Waals surface area contributed by atoms with Gasteiger partial charge in [0.2, 0.25) is 5.91 Å². The van der Waals surface area contributed by atoms with E-state index in [1.807, 2.05) is 102 Å². The van der Waals surface area contributed by atoms with Gasteiger partial charge in [-0.2, -0.15) is 0 Å². The molecule has 1 saturated heterocycles. The minimum absolute atomic E-state index is 0.0280. The molecular weight excluding hydrogens is 592 g/mol. The Labute approximate surface area is 276 Å². The largest absolute Gasteiger partial charge is 0.493 e. The molecule has 0 unspecified atom stereocenters. The molecule has 2 fully saturated rings. The van der Waals surface area contributed by atoms with Crippen LogP contribution in [0, 0.1) is 11.8 Å². The second-order valence-electron chi connectivity index (χ2n) is 12.4. The highest BCUT2D eigenvalue weighted by atomic mass is 16.5. The fourth-order valence-electron chi connectivity index (χ4n) is 6.88. The first-order chi connectivity index (χ1) is 22.9. The van der Waals surface area contributed by atoms with Gasteiger partial charge in [0.05, 0.1) is 18.0 Å². The van der Waals surface area contributed by atoms with E-state index >= 15 is 0 Å². The molecule has 0 spiro atoms. The van der Waals surface area contributed by atoms with Crippen molar-refractivity contribution in [1.82, 2.24) is 9.47 Å². The number of rotatable bonds is 10. The van der Waals surface area contributed by atoms with Crippen molar-refractivity contribution in [3.63, 3.8) is 0 Å². The lowest BCUT2D eigenvalue weighted by molar-refractivity contribution is -0.152. The monoisotopic (exact) mass is 636 g/mol. The quantitative estimate of drug-likeness (QED) is 0.200. The molecule has 9 heteroatoms. The molecule has 1 aliphatic heterocycles. The van der Waals surface area contributed by atoms with Gasteiger partial charge in [-0.25, -0.2) is 0 Å². The normalized spacial score (nSPS) is 18.2. The Hall–Kier alpha value is -4.79. The number of piperazine rings is 1. The Morgan fingerprint density at radius 1 is 0.809 bits per heavy atom. The van der Waals surface area contributed by atoms with Gasteiger partial charge in [-0.15, -0.1) is 0 Å². The zero-order chi connectivity index (χ0) is 32.8. The van der Waals surface area contributed by atoms with E-state index in [1.54, 1.807) is 0 Å². The number of nitrogens with one attached hydrogen (secondary N) is 1. The molecule has 3 aromatic carbocycles. The molecule has 4 aromatic rings. The number of aryl methyl sites for hydroxylation is 1. The van der Waals surface area contributed by atoms with Gasteiger partial charge < -0.3 is 29.2 Å². The molecule has 0 atom stereocenters. The highest BCUT2D eigenvalue weighted by Gasteiger charge is 2.34. The standard InChI is InChI=1S/C38H44N4O5/c1-3-42-33-11-8-12-35(46-4-2)32(33)25-34(42)36(43)39-30-17-19-31(20-18-30)40-21-23-41(24-22-40)37(44)28-13-15-29(16-14-28)38(45)47-26-27-9-6-5-7-10-27/h5-12,17-20,25,28-29H,3-4,13-16,21-24,26H2,1-2H3,(H,39,43). The molecule has 0 bridgehead atoms. The molecule has 2 aliphatic rings. The van der Waals surface area contributed by atoms with Gasteiger partial charge >= 0.3 is 5.97 Å². The summed E-state index contributed by atoms with van der Waals surface area (Å²) in [6.45, 7) is 8.34. The van der Waals surface area contributed by atoms with Crippen molar-refractivity contribution >= 4 is 40.1 Å². The van der Waals surface area contributed by atoms with Crippen LogP contribution in [0.15, 0.2) is 78.9 Å². The number of anilines is 2. The zero-order valence-electron chi connectivity index (χ0n) is 27.3. The number of esters is 1. The van der Waals surface area contributed by atoms with E-state index in [4.69, 9.17) is 9.47 Å². The summed E-state index contributed by atoms with van der Waals surface area (Å²) in [4.78, 5) is 43.5. The second-order valence-corrected chi connectivity index (χ2v) is 12.4. The predicted molar refractivity (Wildman–Crippen MR) is 184 cm³/mol. The molecular formula is C38H44N4O5. The lowest BCUT2D eigenvalue weighted by atomic mass is 9.81. The van der Waals surface area contributed by atoms with Crippen LogP contribution in [0.4, 0.5) is 11.4 Å². The summed E-state index contributed by atoms with van der Waals surface area (Å²) in [5.74, 6) is 0.512. The summed E-state index contributed by atoms with van der Waals surface area (Å²) in [6.07, 6.45) is 2.85. The van der Waals surface area contributed by atoms with Crippen LogP contribution in [-0.2, 0) is 27.5 Å². The molecule has 0 radical (unpaired) electrons. The number of nitrogens with zero attached hydrogens (tertiary/aromatic N) is 3. The average Bonchev–Trinajstić information content (AvgIpc) is 3.51. The van der Waals surface area contributed by atoms with Crippen molar-refractivity contribution in [3.05, 3.63) is 90.1 Å². The van der Waals surface area contributed by atoms with Gasteiger partial charge in [0, 0.05) is 55.4 Å². The van der Waals surface area contributed by atoms with Crippen molar-refractivity contribution in [3.8, 4) is 5.75 Å². The van der Waals surface area contributed by atoms with Gasteiger partial charge in [0.25, 0.3) is 5.91 Å². The number of aromatic nitrogens is 1. The molecule has 6 rings (SSSR count). The summed E-state index contributed by atoms with van der Waals surface area (Å²) >= 11 is 0. The molecule has 9 nitrogen and oxygen atoms in total. The van der Waals surface area contributed by atoms with E-state index in [1.165, 1.54) is 0 Å². The number of benzene rings is 3. The van der Waals surface area contributed by atoms with Crippen LogP contribution in [0.2, 0.25) is 0 Å². The topological polar surface area (TPSA) is 93.1 Å². The van der Waals surface area contributed by atoms with E-state index < -0.39 is 0 Å². The van der Waals surface area contributed by atoms with Gasteiger partial charge in [-0.1, -0.05) is 36.4 Å². The maximum absolute atomic E-state index is 13.3. The summed E-state index contributed by atoms with van der Waals surface area (Å²) in [6, 6.07) is 25.4. The lowest BCUT2D eigenvalue weighted by Crippen LogP contribution is -2.50. The first-order valence-electron chi connectivity index (χ1n) is 16.9. The maximum Gasteiger partial charge on any atom is 0.309 e. The van der Waals surface area contributed by atoms with Crippen LogP contribution < -0.4 is 15.0 Å². The highest BCUT2D eigenvalue weighted by molar-refractivity contribution is 6.07. The Morgan fingerprint density at radius 3 is 2.19 bits per heavy atom. The summed E-state index contributed by atoms with van der Waals surface area (Å²) in [7, 11) is 0. The lowest BCUT2D eigenvalue weighted by Gasteiger charge is -2.38. The van der Waals surface area contributed by atoms with Crippen LogP contribution in [0.5, 0.6) is 5.75 Å². The van der Waals surface area contributed by atoms with E-state index in [-0.39, 0.29) is 29.6 Å². The average molecular weight is 637 g/mol. The minimum atomic E-state index is -0.163. The Balaban J connectivity index is 0.975.